The van der Waals surface area contributed by atoms with E-state index in [9.17, 15) is 5.11 Å². The molecule has 0 bridgehead atoms. The van der Waals surface area contributed by atoms with Gasteiger partial charge in [0.1, 0.15) is 0 Å². The van der Waals surface area contributed by atoms with E-state index in [0.717, 1.165) is 45.6 Å². The van der Waals surface area contributed by atoms with E-state index >= 15 is 0 Å². The van der Waals surface area contributed by atoms with Crippen molar-refractivity contribution < 1.29 is 14.6 Å². The molecule has 0 aromatic rings. The van der Waals surface area contributed by atoms with Crippen molar-refractivity contribution in [3.05, 3.63) is 0 Å². The lowest BCUT2D eigenvalue weighted by molar-refractivity contribution is -0.175. The van der Waals surface area contributed by atoms with Gasteiger partial charge in [0.2, 0.25) is 0 Å². The average Bonchev–Trinajstić information content (AvgIpc) is 2.38. The second kappa shape index (κ2) is 5.32. The fourth-order valence-corrected chi connectivity index (χ4v) is 3.89. The number of hydrogen-bond acceptors (Lipinski definition) is 4. The Morgan fingerprint density at radius 2 is 2.21 bits per heavy atom. The van der Waals surface area contributed by atoms with Crippen LogP contribution in [-0.2, 0) is 9.47 Å². The summed E-state index contributed by atoms with van der Waals surface area (Å²) in [6.45, 7) is 5.24. The minimum Gasteiger partial charge on any atom is -0.390 e. The summed E-state index contributed by atoms with van der Waals surface area (Å²) in [4.78, 5) is 0. The molecule has 3 atom stereocenters. The number of morpholine rings is 1. The van der Waals surface area contributed by atoms with Crippen LogP contribution >= 0.6 is 0 Å². The quantitative estimate of drug-likeness (QED) is 0.814. The Hall–Kier alpha value is -0.160. The van der Waals surface area contributed by atoms with E-state index in [4.69, 9.17) is 9.47 Å². The Balaban J connectivity index is 1.58. The zero-order valence-electron chi connectivity index (χ0n) is 12.0. The standard InChI is InChI=1S/C15H27NO3/c1-14(17,10-13-11-18-8-6-16-13)12-3-7-19-15(9-12)4-2-5-15/h12-13,16-17H,2-11H2,1H3. The summed E-state index contributed by atoms with van der Waals surface area (Å²) in [6, 6.07) is 0.295. The topological polar surface area (TPSA) is 50.7 Å². The number of hydrogen-bond donors (Lipinski definition) is 2. The van der Waals surface area contributed by atoms with E-state index in [1.165, 1.54) is 19.3 Å². The van der Waals surface area contributed by atoms with Gasteiger partial charge in [0.15, 0.2) is 0 Å². The minimum atomic E-state index is -0.606. The lowest BCUT2D eigenvalue weighted by Gasteiger charge is -2.50. The molecule has 2 heterocycles. The number of rotatable bonds is 3. The van der Waals surface area contributed by atoms with Crippen LogP contribution in [0.25, 0.3) is 0 Å². The molecule has 1 saturated carbocycles. The molecule has 1 spiro atoms. The zero-order valence-corrected chi connectivity index (χ0v) is 12.0. The first-order valence-corrected chi connectivity index (χ1v) is 7.77. The monoisotopic (exact) mass is 269 g/mol. The van der Waals surface area contributed by atoms with Gasteiger partial charge in [-0.3, -0.25) is 0 Å². The fourth-order valence-electron chi connectivity index (χ4n) is 3.89. The molecule has 0 amide bonds. The molecule has 19 heavy (non-hydrogen) atoms. The van der Waals surface area contributed by atoms with Crippen LogP contribution in [0.5, 0.6) is 0 Å². The second-order valence-corrected chi connectivity index (χ2v) is 6.86. The number of ether oxygens (including phenoxy) is 2. The normalized spacial score (nSPS) is 37.6. The van der Waals surface area contributed by atoms with Crippen LogP contribution in [0.1, 0.15) is 45.4 Å². The summed E-state index contributed by atoms with van der Waals surface area (Å²) in [7, 11) is 0. The Labute approximate surface area is 115 Å². The van der Waals surface area contributed by atoms with Crippen molar-refractivity contribution in [3.8, 4) is 0 Å². The van der Waals surface area contributed by atoms with Crippen LogP contribution in [0.3, 0.4) is 0 Å². The maximum Gasteiger partial charge on any atom is 0.0686 e. The van der Waals surface area contributed by atoms with E-state index in [2.05, 4.69) is 5.32 Å². The third kappa shape index (κ3) is 2.97. The minimum absolute atomic E-state index is 0.114. The van der Waals surface area contributed by atoms with E-state index < -0.39 is 5.60 Å². The zero-order chi connectivity index (χ0) is 13.3. The first-order chi connectivity index (χ1) is 9.10. The van der Waals surface area contributed by atoms with Gasteiger partial charge in [-0.15, -0.1) is 0 Å². The molecule has 3 unspecified atom stereocenters. The van der Waals surface area contributed by atoms with Crippen LogP contribution < -0.4 is 5.32 Å². The fraction of sp³-hybridized carbons (Fsp3) is 1.00. The predicted octanol–water partition coefficient (Wildman–Crippen LogP) is 1.47. The van der Waals surface area contributed by atoms with Gasteiger partial charge in [-0.1, -0.05) is 0 Å². The van der Waals surface area contributed by atoms with Gasteiger partial charge in [-0.25, -0.2) is 0 Å². The molecule has 1 aliphatic carbocycles. The molecule has 0 aromatic carbocycles. The molecular weight excluding hydrogens is 242 g/mol. The predicted molar refractivity (Wildman–Crippen MR) is 73.1 cm³/mol. The molecule has 2 saturated heterocycles. The largest absolute Gasteiger partial charge is 0.390 e. The summed E-state index contributed by atoms with van der Waals surface area (Å²) in [6.07, 6.45) is 6.46. The van der Waals surface area contributed by atoms with Crippen LogP contribution in [0.4, 0.5) is 0 Å². The Kier molecular flexibility index (Phi) is 3.87. The van der Waals surface area contributed by atoms with Crippen LogP contribution in [-0.4, -0.2) is 48.7 Å². The van der Waals surface area contributed by atoms with Crippen molar-refractivity contribution >= 4 is 0 Å². The lowest BCUT2D eigenvalue weighted by atomic mass is 9.67. The highest BCUT2D eigenvalue weighted by atomic mass is 16.5. The second-order valence-electron chi connectivity index (χ2n) is 6.86. The third-order valence-corrected chi connectivity index (χ3v) is 5.30. The molecule has 2 aliphatic heterocycles. The van der Waals surface area contributed by atoms with Gasteiger partial charge in [0.05, 0.1) is 24.4 Å². The van der Waals surface area contributed by atoms with Gasteiger partial charge < -0.3 is 19.9 Å². The van der Waals surface area contributed by atoms with Crippen molar-refractivity contribution in [1.29, 1.82) is 0 Å². The highest BCUT2D eigenvalue weighted by Gasteiger charge is 2.47. The highest BCUT2D eigenvalue weighted by molar-refractivity contribution is 4.99. The molecule has 2 N–H and O–H groups in total. The summed E-state index contributed by atoms with van der Waals surface area (Å²) >= 11 is 0. The summed E-state index contributed by atoms with van der Waals surface area (Å²) in [5.41, 5.74) is -0.492. The molecule has 0 radical (unpaired) electrons. The first kappa shape index (κ1) is 13.8. The molecular formula is C15H27NO3. The van der Waals surface area contributed by atoms with Gasteiger partial charge in [0, 0.05) is 19.2 Å². The summed E-state index contributed by atoms with van der Waals surface area (Å²) in [5, 5.41) is 14.3. The molecule has 3 aliphatic rings. The van der Waals surface area contributed by atoms with Crippen molar-refractivity contribution in [2.24, 2.45) is 5.92 Å². The first-order valence-electron chi connectivity index (χ1n) is 7.77. The van der Waals surface area contributed by atoms with Gasteiger partial charge >= 0.3 is 0 Å². The Morgan fingerprint density at radius 1 is 1.37 bits per heavy atom. The van der Waals surface area contributed by atoms with Crippen LogP contribution in [0.2, 0.25) is 0 Å². The SMILES string of the molecule is CC(O)(CC1COCCN1)C1CCOC2(CCC2)C1. The molecule has 3 fully saturated rings. The average molecular weight is 269 g/mol. The Morgan fingerprint density at radius 3 is 2.84 bits per heavy atom. The molecule has 110 valence electrons. The van der Waals surface area contributed by atoms with Crippen molar-refractivity contribution in [3.63, 3.8) is 0 Å². The van der Waals surface area contributed by atoms with Gasteiger partial charge in [-0.05, 0) is 51.4 Å². The van der Waals surface area contributed by atoms with E-state index in [1.54, 1.807) is 0 Å². The van der Waals surface area contributed by atoms with Gasteiger partial charge in [-0.2, -0.15) is 0 Å². The van der Waals surface area contributed by atoms with Crippen LogP contribution in [0.15, 0.2) is 0 Å². The molecule has 0 aromatic heterocycles. The maximum atomic E-state index is 10.9. The summed E-state index contributed by atoms with van der Waals surface area (Å²) in [5.74, 6) is 0.366. The smallest absolute Gasteiger partial charge is 0.0686 e. The number of aliphatic hydroxyl groups is 1. The maximum absolute atomic E-state index is 10.9. The Bertz CT molecular complexity index is 309. The highest BCUT2D eigenvalue weighted by Crippen LogP contribution is 2.47. The van der Waals surface area contributed by atoms with E-state index in [0.29, 0.717) is 12.0 Å². The van der Waals surface area contributed by atoms with Crippen molar-refractivity contribution in [2.75, 3.05) is 26.4 Å². The van der Waals surface area contributed by atoms with E-state index in [1.807, 2.05) is 6.92 Å². The van der Waals surface area contributed by atoms with Gasteiger partial charge in [0.25, 0.3) is 0 Å². The summed E-state index contributed by atoms with van der Waals surface area (Å²) < 4.78 is 11.5. The molecule has 4 nitrogen and oxygen atoms in total. The van der Waals surface area contributed by atoms with Crippen LogP contribution in [0, 0.1) is 5.92 Å². The number of nitrogens with one attached hydrogen (secondary N) is 1. The lowest BCUT2D eigenvalue weighted by Crippen LogP contribution is -2.53. The van der Waals surface area contributed by atoms with Crippen molar-refractivity contribution in [2.45, 2.75) is 62.7 Å². The van der Waals surface area contributed by atoms with E-state index in [-0.39, 0.29) is 5.60 Å². The third-order valence-electron chi connectivity index (χ3n) is 5.30. The molecule has 4 heteroatoms. The molecule has 3 rings (SSSR count). The van der Waals surface area contributed by atoms with Crippen molar-refractivity contribution in [1.82, 2.24) is 5.32 Å².